The Balaban J connectivity index is 1.99. The van der Waals surface area contributed by atoms with Gasteiger partial charge in [0.25, 0.3) is 0 Å². The zero-order chi connectivity index (χ0) is 18.6. The number of nitrogens with zero attached hydrogens (tertiary/aromatic N) is 1. The van der Waals surface area contributed by atoms with Gasteiger partial charge in [-0.15, -0.1) is 0 Å². The van der Waals surface area contributed by atoms with Crippen molar-refractivity contribution in [2.45, 2.75) is 30.7 Å². The van der Waals surface area contributed by atoms with Crippen LogP contribution in [0.25, 0.3) is 0 Å². The van der Waals surface area contributed by atoms with Crippen molar-refractivity contribution >= 4 is 5.78 Å². The summed E-state index contributed by atoms with van der Waals surface area (Å²) < 4.78 is 16.5. The number of carbonyl (C=O) groups is 1. The van der Waals surface area contributed by atoms with Crippen LogP contribution < -0.4 is 4.74 Å². The summed E-state index contributed by atoms with van der Waals surface area (Å²) in [6, 6.07) is 3.90. The number of methoxy groups -OCH3 is 3. The van der Waals surface area contributed by atoms with E-state index in [4.69, 9.17) is 14.2 Å². The van der Waals surface area contributed by atoms with E-state index in [9.17, 15) is 9.90 Å². The minimum atomic E-state index is -0.351. The highest BCUT2D eigenvalue weighted by molar-refractivity contribution is 5.96. The number of rotatable bonds is 3. The Bertz CT molecular complexity index is 802. The van der Waals surface area contributed by atoms with Crippen molar-refractivity contribution in [1.82, 2.24) is 4.90 Å². The summed E-state index contributed by atoms with van der Waals surface area (Å²) in [5, 5.41) is 10.3. The van der Waals surface area contributed by atoms with Crippen LogP contribution in [0.4, 0.5) is 0 Å². The molecule has 3 atom stereocenters. The molecule has 1 aliphatic heterocycles. The van der Waals surface area contributed by atoms with Gasteiger partial charge in [0, 0.05) is 23.8 Å². The molecule has 2 aliphatic carbocycles. The maximum atomic E-state index is 12.9. The molecule has 1 N–H and O–H groups in total. The highest BCUT2D eigenvalue weighted by Crippen LogP contribution is 2.57. The van der Waals surface area contributed by atoms with E-state index in [1.807, 2.05) is 6.07 Å². The Morgan fingerprint density at radius 1 is 1.19 bits per heavy atom. The topological polar surface area (TPSA) is 68.2 Å². The number of likely N-dealkylation sites (N-methyl/N-ethyl adjacent to an activating group) is 1. The molecule has 3 aliphatic rings. The summed E-state index contributed by atoms with van der Waals surface area (Å²) in [5.74, 6) is 1.61. The van der Waals surface area contributed by atoms with E-state index in [1.165, 1.54) is 7.11 Å². The quantitative estimate of drug-likeness (QED) is 0.890. The average molecular weight is 359 g/mol. The van der Waals surface area contributed by atoms with Gasteiger partial charge in [0.1, 0.15) is 5.76 Å². The lowest BCUT2D eigenvalue weighted by atomic mass is 9.53. The first-order valence-electron chi connectivity index (χ1n) is 8.92. The minimum Gasteiger partial charge on any atom is -0.504 e. The summed E-state index contributed by atoms with van der Waals surface area (Å²) in [6.45, 7) is 0.913. The van der Waals surface area contributed by atoms with E-state index >= 15 is 0 Å². The molecule has 6 heteroatoms. The Morgan fingerprint density at radius 2 is 1.96 bits per heavy atom. The number of phenols is 1. The molecule has 4 rings (SSSR count). The highest BCUT2D eigenvalue weighted by Gasteiger charge is 2.59. The Kier molecular flexibility index (Phi) is 3.91. The van der Waals surface area contributed by atoms with Gasteiger partial charge in [-0.05, 0) is 49.7 Å². The molecule has 0 saturated carbocycles. The van der Waals surface area contributed by atoms with Crippen molar-refractivity contribution in [2.24, 2.45) is 5.92 Å². The van der Waals surface area contributed by atoms with Gasteiger partial charge in [-0.1, -0.05) is 0 Å². The number of likely N-dealkylation sites (tertiary alicyclic amines) is 1. The number of hydrogen-bond acceptors (Lipinski definition) is 6. The summed E-state index contributed by atoms with van der Waals surface area (Å²) in [5.41, 5.74) is 1.83. The van der Waals surface area contributed by atoms with Gasteiger partial charge in [-0.25, -0.2) is 0 Å². The molecule has 140 valence electrons. The van der Waals surface area contributed by atoms with Crippen molar-refractivity contribution in [1.29, 1.82) is 0 Å². The van der Waals surface area contributed by atoms with Crippen LogP contribution in [0.15, 0.2) is 23.7 Å². The van der Waals surface area contributed by atoms with Crippen molar-refractivity contribution in [2.75, 3.05) is 34.9 Å². The van der Waals surface area contributed by atoms with Crippen LogP contribution in [0.5, 0.6) is 11.5 Å². The van der Waals surface area contributed by atoms with Crippen molar-refractivity contribution < 1.29 is 24.1 Å². The number of fused-ring (bicyclic) bond motifs is 1. The molecule has 6 nitrogen and oxygen atoms in total. The zero-order valence-corrected chi connectivity index (χ0v) is 15.7. The lowest BCUT2D eigenvalue weighted by molar-refractivity contribution is -0.125. The molecule has 0 spiro atoms. The Morgan fingerprint density at radius 3 is 2.62 bits per heavy atom. The second-order valence-corrected chi connectivity index (χ2v) is 7.52. The first kappa shape index (κ1) is 17.2. The predicted octanol–water partition coefficient (Wildman–Crippen LogP) is 1.99. The van der Waals surface area contributed by atoms with Crippen molar-refractivity contribution in [3.05, 3.63) is 34.8 Å². The van der Waals surface area contributed by atoms with E-state index < -0.39 is 0 Å². The fraction of sp³-hybridized carbons (Fsp3) is 0.550. The molecule has 1 aromatic rings. The lowest BCUT2D eigenvalue weighted by Crippen LogP contribution is -2.61. The van der Waals surface area contributed by atoms with Gasteiger partial charge in [-0.2, -0.15) is 0 Å². The third-order valence-corrected chi connectivity index (χ3v) is 6.49. The molecule has 0 aromatic heterocycles. The van der Waals surface area contributed by atoms with Crippen LogP contribution >= 0.6 is 0 Å². The standard InChI is InChI=1S/C20H25NO5/c1-21-6-5-20-10-15(23)18(25-3)19(26-4)17(20)13(21)7-11-8-14(22)16(24-2)9-12(11)20/h8-9,13,17,22H,5-7,10H2,1-4H3/t13-,17-,20-/m0/s1. The first-order chi connectivity index (χ1) is 12.5. The molecule has 0 unspecified atom stereocenters. The van der Waals surface area contributed by atoms with Crippen LogP contribution in [0.3, 0.4) is 0 Å². The van der Waals surface area contributed by atoms with Gasteiger partial charge in [0.2, 0.25) is 5.78 Å². The van der Waals surface area contributed by atoms with E-state index in [-0.39, 0.29) is 28.9 Å². The number of hydrogen-bond donors (Lipinski definition) is 1. The van der Waals surface area contributed by atoms with Gasteiger partial charge < -0.3 is 24.2 Å². The number of aromatic hydroxyl groups is 1. The van der Waals surface area contributed by atoms with E-state index in [0.29, 0.717) is 23.7 Å². The normalized spacial score (nSPS) is 30.5. The molecule has 2 bridgehead atoms. The number of phenolic OH excluding ortho intramolecular Hbond substituents is 1. The van der Waals surface area contributed by atoms with Crippen LogP contribution in [0, 0.1) is 5.92 Å². The van der Waals surface area contributed by atoms with Gasteiger partial charge in [0.05, 0.1) is 21.3 Å². The van der Waals surface area contributed by atoms with E-state index in [1.54, 1.807) is 20.3 Å². The Labute approximate surface area is 153 Å². The summed E-state index contributed by atoms with van der Waals surface area (Å²) in [4.78, 5) is 15.2. The van der Waals surface area contributed by atoms with Gasteiger partial charge in [0.15, 0.2) is 17.3 Å². The molecular weight excluding hydrogens is 334 g/mol. The number of ketones is 1. The van der Waals surface area contributed by atoms with Crippen LogP contribution in [0.2, 0.25) is 0 Å². The minimum absolute atomic E-state index is 0.0243. The largest absolute Gasteiger partial charge is 0.504 e. The van der Waals surface area contributed by atoms with Crippen LogP contribution in [-0.4, -0.2) is 56.8 Å². The number of allylic oxidation sites excluding steroid dienone is 1. The molecule has 0 radical (unpaired) electrons. The first-order valence-corrected chi connectivity index (χ1v) is 8.92. The molecular formula is C20H25NO5. The summed E-state index contributed by atoms with van der Waals surface area (Å²) in [7, 11) is 6.80. The fourth-order valence-electron chi connectivity index (χ4n) is 5.33. The number of ether oxygens (including phenoxy) is 3. The lowest BCUT2D eigenvalue weighted by Gasteiger charge is -2.57. The fourth-order valence-corrected chi connectivity index (χ4v) is 5.33. The summed E-state index contributed by atoms with van der Waals surface area (Å²) >= 11 is 0. The predicted molar refractivity (Wildman–Crippen MR) is 95.2 cm³/mol. The van der Waals surface area contributed by atoms with Crippen molar-refractivity contribution in [3.63, 3.8) is 0 Å². The Hall–Kier alpha value is -2.21. The molecule has 1 fully saturated rings. The van der Waals surface area contributed by atoms with E-state index in [0.717, 1.165) is 30.5 Å². The van der Waals surface area contributed by atoms with Gasteiger partial charge >= 0.3 is 0 Å². The third-order valence-electron chi connectivity index (χ3n) is 6.49. The second-order valence-electron chi connectivity index (χ2n) is 7.52. The number of carbonyl (C=O) groups excluding carboxylic acids is 1. The van der Waals surface area contributed by atoms with Gasteiger partial charge in [-0.3, -0.25) is 4.79 Å². The molecule has 1 saturated heterocycles. The molecule has 1 aromatic carbocycles. The maximum absolute atomic E-state index is 12.9. The molecule has 0 amide bonds. The SMILES string of the molecule is COC1=C(OC)[C@@H]2[C@@H]3Cc4cc(O)c(OC)cc4[C@]2(CCN3C)CC1=O. The monoisotopic (exact) mass is 359 g/mol. The number of piperidine rings is 1. The van der Waals surface area contributed by atoms with E-state index in [2.05, 4.69) is 11.9 Å². The third kappa shape index (κ3) is 2.11. The highest BCUT2D eigenvalue weighted by atomic mass is 16.5. The van der Waals surface area contributed by atoms with Crippen LogP contribution in [0.1, 0.15) is 24.0 Å². The van der Waals surface area contributed by atoms with Crippen LogP contribution in [-0.2, 0) is 26.1 Å². The number of Topliss-reactive ketones (excluding diaryl/α,β-unsaturated/α-hetero) is 1. The maximum Gasteiger partial charge on any atom is 0.201 e. The van der Waals surface area contributed by atoms with Crippen molar-refractivity contribution in [3.8, 4) is 11.5 Å². The zero-order valence-electron chi connectivity index (χ0n) is 15.7. The smallest absolute Gasteiger partial charge is 0.201 e. The molecule has 26 heavy (non-hydrogen) atoms. The second kappa shape index (κ2) is 5.91. The molecule has 1 heterocycles. The summed E-state index contributed by atoms with van der Waals surface area (Å²) in [6.07, 6.45) is 2.02. The average Bonchev–Trinajstić information content (AvgIpc) is 2.63. The number of benzene rings is 1.